The number of nitrogens with one attached hydrogen (secondary N) is 1. The van der Waals surface area contributed by atoms with E-state index in [-0.39, 0.29) is 5.91 Å². The Labute approximate surface area is 156 Å². The van der Waals surface area contributed by atoms with E-state index in [4.69, 9.17) is 4.74 Å². The number of para-hydroxylation sites is 1. The Balaban J connectivity index is 1.50. The predicted octanol–water partition coefficient (Wildman–Crippen LogP) is 4.46. The zero-order valence-electron chi connectivity index (χ0n) is 14.5. The standard InChI is InChI=1S/C22H17N3O2/c26-22(19-11-13-23-20-9-5-4-8-18(19)20)25-17-10-12-24-21(14-17)27-15-16-6-2-1-3-7-16/h1-14H,15H2,(H,24,25,26). The summed E-state index contributed by atoms with van der Waals surface area (Å²) < 4.78 is 5.72. The number of benzene rings is 2. The molecule has 2 heterocycles. The van der Waals surface area contributed by atoms with Gasteiger partial charge < -0.3 is 10.1 Å². The molecule has 0 saturated heterocycles. The number of carbonyl (C=O) groups excluding carboxylic acids is 1. The van der Waals surface area contributed by atoms with Crippen molar-refractivity contribution in [3.8, 4) is 5.88 Å². The number of fused-ring (bicyclic) bond motifs is 1. The van der Waals surface area contributed by atoms with E-state index >= 15 is 0 Å². The van der Waals surface area contributed by atoms with E-state index in [1.165, 1.54) is 0 Å². The summed E-state index contributed by atoms with van der Waals surface area (Å²) in [5.41, 5.74) is 3.03. The van der Waals surface area contributed by atoms with Crippen molar-refractivity contribution in [2.75, 3.05) is 5.32 Å². The van der Waals surface area contributed by atoms with Gasteiger partial charge in [0.05, 0.1) is 11.1 Å². The molecular weight excluding hydrogens is 338 g/mol. The van der Waals surface area contributed by atoms with Crippen LogP contribution < -0.4 is 10.1 Å². The number of carbonyl (C=O) groups is 1. The van der Waals surface area contributed by atoms with E-state index in [2.05, 4.69) is 15.3 Å². The molecule has 132 valence electrons. The van der Waals surface area contributed by atoms with Crippen LogP contribution in [0.15, 0.2) is 85.2 Å². The van der Waals surface area contributed by atoms with Crippen LogP contribution in [-0.2, 0) is 6.61 Å². The third kappa shape index (κ3) is 3.93. The van der Waals surface area contributed by atoms with Gasteiger partial charge in [0, 0.05) is 29.5 Å². The van der Waals surface area contributed by atoms with Crippen molar-refractivity contribution in [3.05, 3.63) is 96.3 Å². The minimum Gasteiger partial charge on any atom is -0.473 e. The van der Waals surface area contributed by atoms with Crippen LogP contribution in [0.2, 0.25) is 0 Å². The van der Waals surface area contributed by atoms with Crippen LogP contribution in [0.3, 0.4) is 0 Å². The van der Waals surface area contributed by atoms with Crippen molar-refractivity contribution >= 4 is 22.5 Å². The SMILES string of the molecule is O=C(Nc1ccnc(OCc2ccccc2)c1)c1ccnc2ccccc12. The highest BCUT2D eigenvalue weighted by atomic mass is 16.5. The molecule has 0 spiro atoms. The fraction of sp³-hybridized carbons (Fsp3) is 0.0455. The Morgan fingerprint density at radius 2 is 1.67 bits per heavy atom. The fourth-order valence-corrected chi connectivity index (χ4v) is 2.79. The molecule has 1 N–H and O–H groups in total. The van der Waals surface area contributed by atoms with Crippen LogP contribution >= 0.6 is 0 Å². The van der Waals surface area contributed by atoms with Crippen molar-refractivity contribution in [1.82, 2.24) is 9.97 Å². The summed E-state index contributed by atoms with van der Waals surface area (Å²) in [5, 5.41) is 3.71. The first-order valence-corrected chi connectivity index (χ1v) is 8.57. The van der Waals surface area contributed by atoms with Gasteiger partial charge in [0.15, 0.2) is 0 Å². The third-order valence-electron chi connectivity index (χ3n) is 4.12. The molecule has 0 aliphatic heterocycles. The summed E-state index contributed by atoms with van der Waals surface area (Å²) in [6.45, 7) is 0.417. The van der Waals surface area contributed by atoms with Gasteiger partial charge in [-0.1, -0.05) is 48.5 Å². The second kappa shape index (κ2) is 7.66. The Morgan fingerprint density at radius 1 is 0.889 bits per heavy atom. The van der Waals surface area contributed by atoms with Crippen LogP contribution in [0, 0.1) is 0 Å². The molecule has 0 aliphatic carbocycles. The van der Waals surface area contributed by atoms with Crippen molar-refractivity contribution in [2.45, 2.75) is 6.61 Å². The summed E-state index contributed by atoms with van der Waals surface area (Å²) in [6.07, 6.45) is 3.25. The Hall–Kier alpha value is -3.73. The maximum atomic E-state index is 12.7. The number of hydrogen-bond acceptors (Lipinski definition) is 4. The van der Waals surface area contributed by atoms with Gasteiger partial charge in [0.25, 0.3) is 5.91 Å². The molecule has 1 amide bonds. The molecule has 4 aromatic rings. The smallest absolute Gasteiger partial charge is 0.256 e. The normalized spacial score (nSPS) is 10.5. The zero-order chi connectivity index (χ0) is 18.5. The summed E-state index contributed by atoms with van der Waals surface area (Å²) >= 11 is 0. The van der Waals surface area contributed by atoms with Gasteiger partial charge in [-0.25, -0.2) is 4.98 Å². The largest absolute Gasteiger partial charge is 0.473 e. The zero-order valence-corrected chi connectivity index (χ0v) is 14.5. The molecule has 0 unspecified atom stereocenters. The maximum Gasteiger partial charge on any atom is 0.256 e. The minimum absolute atomic E-state index is 0.200. The molecule has 27 heavy (non-hydrogen) atoms. The van der Waals surface area contributed by atoms with Crippen LogP contribution in [0.5, 0.6) is 5.88 Å². The molecular formula is C22H17N3O2. The molecule has 0 radical (unpaired) electrons. The first kappa shape index (κ1) is 16.7. The topological polar surface area (TPSA) is 64.1 Å². The highest BCUT2D eigenvalue weighted by Crippen LogP contribution is 2.20. The number of anilines is 1. The maximum absolute atomic E-state index is 12.7. The van der Waals surface area contributed by atoms with Gasteiger partial charge in [0.2, 0.25) is 5.88 Å². The predicted molar refractivity (Wildman–Crippen MR) is 105 cm³/mol. The quantitative estimate of drug-likeness (QED) is 0.574. The number of nitrogens with zero attached hydrogens (tertiary/aromatic N) is 2. The lowest BCUT2D eigenvalue weighted by atomic mass is 10.1. The Morgan fingerprint density at radius 3 is 2.56 bits per heavy atom. The average molecular weight is 355 g/mol. The van der Waals surface area contributed by atoms with E-state index in [0.717, 1.165) is 16.5 Å². The molecule has 2 aromatic carbocycles. The number of pyridine rings is 2. The van der Waals surface area contributed by atoms with Crippen LogP contribution in [0.1, 0.15) is 15.9 Å². The molecule has 2 aromatic heterocycles. The Bertz CT molecular complexity index is 1080. The third-order valence-corrected chi connectivity index (χ3v) is 4.12. The lowest BCUT2D eigenvalue weighted by Gasteiger charge is -2.09. The van der Waals surface area contributed by atoms with Gasteiger partial charge >= 0.3 is 0 Å². The second-order valence-electron chi connectivity index (χ2n) is 5.99. The Kier molecular flexibility index (Phi) is 4.74. The van der Waals surface area contributed by atoms with E-state index in [0.29, 0.717) is 23.7 Å². The van der Waals surface area contributed by atoms with E-state index in [1.807, 2.05) is 54.6 Å². The van der Waals surface area contributed by atoms with Gasteiger partial charge in [-0.05, 0) is 23.8 Å². The van der Waals surface area contributed by atoms with E-state index < -0.39 is 0 Å². The summed E-state index contributed by atoms with van der Waals surface area (Å²) in [5.74, 6) is 0.255. The summed E-state index contributed by atoms with van der Waals surface area (Å²) in [7, 11) is 0. The monoisotopic (exact) mass is 355 g/mol. The van der Waals surface area contributed by atoms with Gasteiger partial charge in [-0.3, -0.25) is 9.78 Å². The van der Waals surface area contributed by atoms with Crippen molar-refractivity contribution in [1.29, 1.82) is 0 Å². The van der Waals surface area contributed by atoms with Crippen LogP contribution in [0.4, 0.5) is 5.69 Å². The number of hydrogen-bond donors (Lipinski definition) is 1. The molecule has 5 nitrogen and oxygen atoms in total. The lowest BCUT2D eigenvalue weighted by molar-refractivity contribution is 0.102. The fourth-order valence-electron chi connectivity index (χ4n) is 2.79. The molecule has 5 heteroatoms. The molecule has 4 rings (SSSR count). The molecule has 0 bridgehead atoms. The first-order chi connectivity index (χ1) is 13.3. The minimum atomic E-state index is -0.200. The molecule has 0 aliphatic rings. The lowest BCUT2D eigenvalue weighted by Crippen LogP contribution is -2.12. The van der Waals surface area contributed by atoms with Gasteiger partial charge in [0.1, 0.15) is 6.61 Å². The molecule has 0 saturated carbocycles. The number of amides is 1. The van der Waals surface area contributed by atoms with Crippen molar-refractivity contribution in [3.63, 3.8) is 0 Å². The average Bonchev–Trinajstić information content (AvgIpc) is 2.73. The summed E-state index contributed by atoms with van der Waals surface area (Å²) in [6, 6.07) is 22.6. The van der Waals surface area contributed by atoms with Gasteiger partial charge in [-0.15, -0.1) is 0 Å². The van der Waals surface area contributed by atoms with E-state index in [1.54, 1.807) is 30.6 Å². The van der Waals surface area contributed by atoms with Crippen molar-refractivity contribution < 1.29 is 9.53 Å². The van der Waals surface area contributed by atoms with Crippen LogP contribution in [-0.4, -0.2) is 15.9 Å². The molecule has 0 fully saturated rings. The highest BCUT2D eigenvalue weighted by molar-refractivity contribution is 6.12. The first-order valence-electron chi connectivity index (χ1n) is 8.57. The van der Waals surface area contributed by atoms with E-state index in [9.17, 15) is 4.79 Å². The number of rotatable bonds is 5. The second-order valence-corrected chi connectivity index (χ2v) is 5.99. The van der Waals surface area contributed by atoms with Crippen LogP contribution in [0.25, 0.3) is 10.9 Å². The van der Waals surface area contributed by atoms with Crippen molar-refractivity contribution in [2.24, 2.45) is 0 Å². The van der Waals surface area contributed by atoms with Gasteiger partial charge in [-0.2, -0.15) is 0 Å². The number of ether oxygens (including phenoxy) is 1. The number of aromatic nitrogens is 2. The molecule has 0 atom stereocenters. The summed E-state index contributed by atoms with van der Waals surface area (Å²) in [4.78, 5) is 21.2. The highest BCUT2D eigenvalue weighted by Gasteiger charge is 2.11.